The molecule has 0 bridgehead atoms. The first-order valence-corrected chi connectivity index (χ1v) is 6.32. The summed E-state index contributed by atoms with van der Waals surface area (Å²) in [6, 6.07) is 0. The number of alkyl halides is 6. The molecule has 3 nitrogen and oxygen atoms in total. The van der Waals surface area contributed by atoms with Crippen LogP contribution in [0.3, 0.4) is 0 Å². The first-order chi connectivity index (χ1) is 6.21. The van der Waals surface area contributed by atoms with Crippen molar-refractivity contribution in [1.82, 2.24) is 4.13 Å². The average molecular weight is 277 g/mol. The summed E-state index contributed by atoms with van der Waals surface area (Å²) in [7, 11) is -10.7. The van der Waals surface area contributed by atoms with E-state index in [2.05, 4.69) is 0 Å². The molecule has 0 aliphatic carbocycles. The number of halogens is 6. The largest absolute Gasteiger partial charge is 0.477 e. The molecule has 0 heterocycles. The van der Waals surface area contributed by atoms with Crippen molar-refractivity contribution in [2.45, 2.75) is 11.0 Å². The van der Waals surface area contributed by atoms with Gasteiger partial charge in [-0.2, -0.15) is 30.5 Å². The van der Waals surface area contributed by atoms with Crippen LogP contribution in [0.5, 0.6) is 0 Å². The molecule has 1 N–H and O–H groups in total. The summed E-state index contributed by atoms with van der Waals surface area (Å²) in [5.41, 5.74) is -11.1. The van der Waals surface area contributed by atoms with Gasteiger partial charge in [-0.05, 0) is 11.7 Å². The Labute approximate surface area is 81.7 Å². The fourth-order valence-electron chi connectivity index (χ4n) is 0.312. The van der Waals surface area contributed by atoms with E-state index in [1.807, 2.05) is 11.7 Å². The third-order valence-electron chi connectivity index (χ3n) is 1.02. The lowest BCUT2D eigenvalue weighted by Crippen LogP contribution is -2.45. The van der Waals surface area contributed by atoms with Gasteiger partial charge in [-0.25, -0.2) is 8.42 Å². The lowest BCUT2D eigenvalue weighted by Gasteiger charge is -2.18. The van der Waals surface area contributed by atoms with Crippen molar-refractivity contribution in [2.24, 2.45) is 0 Å². The van der Waals surface area contributed by atoms with Gasteiger partial charge in [-0.1, -0.05) is 0 Å². The van der Waals surface area contributed by atoms with Crippen LogP contribution >= 0.6 is 0 Å². The Morgan fingerprint density at radius 2 is 1.00 bits per heavy atom. The van der Waals surface area contributed by atoms with E-state index in [9.17, 15) is 34.8 Å². The molecule has 92 valence electrons. The van der Waals surface area contributed by atoms with Crippen molar-refractivity contribution in [3.63, 3.8) is 0 Å². The van der Waals surface area contributed by atoms with Gasteiger partial charge in [0.1, 0.15) is 19.4 Å². The molecule has 0 aromatic carbocycles. The molecule has 0 saturated carbocycles. The fourth-order valence-corrected chi connectivity index (χ4v) is 2.81. The number of rotatable bonds is 2. The Kier molecular flexibility index (Phi) is 3.46. The molecule has 0 fully saturated rings. The van der Waals surface area contributed by atoms with Gasteiger partial charge >= 0.3 is 11.0 Å². The molecule has 0 spiro atoms. The first-order valence-electron chi connectivity index (χ1n) is 2.86. The van der Waals surface area contributed by atoms with Gasteiger partial charge in [-0.15, -0.1) is 0 Å². The van der Waals surface area contributed by atoms with Crippen LogP contribution in [0.4, 0.5) is 26.3 Å². The Hall–Kier alpha value is -0.420. The van der Waals surface area contributed by atoms with Crippen LogP contribution in [-0.4, -0.2) is 31.2 Å². The predicted molar refractivity (Wildman–Crippen MR) is 45.8 cm³/mol. The number of hydrogen-bond acceptors (Lipinski definition) is 2. The van der Waals surface area contributed by atoms with Crippen molar-refractivity contribution < 1.29 is 34.8 Å². The molecule has 0 rings (SSSR count). The Balaban J connectivity index is 5.28. The van der Waals surface area contributed by atoms with Crippen molar-refractivity contribution in [2.75, 3.05) is 0 Å². The molecule has 2 atom stereocenters. The highest BCUT2D eigenvalue weighted by Gasteiger charge is 2.47. The third-order valence-corrected chi connectivity index (χ3v) is 4.67. The highest BCUT2D eigenvalue weighted by Crippen LogP contribution is 2.27. The van der Waals surface area contributed by atoms with Crippen LogP contribution in [0.15, 0.2) is 0 Å². The summed E-state index contributed by atoms with van der Waals surface area (Å²) < 4.78 is 92.6. The van der Waals surface area contributed by atoms with Crippen LogP contribution in [0.2, 0.25) is 0 Å². The smallest absolute Gasteiger partial charge is 0.243 e. The molecule has 11 heteroatoms. The van der Waals surface area contributed by atoms with E-state index in [1.165, 1.54) is 0 Å². The SMILES string of the molecule is C=S(=O)(NS(=C)(=O)C(F)(F)F)C(F)(F)F. The standard InChI is InChI=1S/C4H5F6NO2S2/c1-14(12,3(5,6)7)11-15(2,13)4(8,9)10/h1-2H2,(H,11,12,13). The molecular formula is C4H5F6NO2S2. The monoisotopic (exact) mass is 277 g/mol. The minimum absolute atomic E-state index is 0.396. The number of hydrogen-bond donors (Lipinski definition) is 1. The van der Waals surface area contributed by atoms with Crippen LogP contribution in [-0.2, 0) is 19.4 Å². The molecule has 2 unspecified atom stereocenters. The fraction of sp³-hybridized carbons (Fsp3) is 0.500. The van der Waals surface area contributed by atoms with Gasteiger partial charge in [-0.3, -0.25) is 0 Å². The minimum Gasteiger partial charge on any atom is -0.243 e. The lowest BCUT2D eigenvalue weighted by molar-refractivity contribution is -0.0424. The number of nitrogens with one attached hydrogen (secondary N) is 1. The molecular weight excluding hydrogens is 272 g/mol. The molecule has 0 aliphatic heterocycles. The van der Waals surface area contributed by atoms with Gasteiger partial charge in [0, 0.05) is 0 Å². The maximum Gasteiger partial charge on any atom is 0.477 e. The first kappa shape index (κ1) is 14.6. The highest BCUT2D eigenvalue weighted by atomic mass is 32.3. The van der Waals surface area contributed by atoms with Crippen molar-refractivity contribution in [3.05, 3.63) is 0 Å². The van der Waals surface area contributed by atoms with Crippen molar-refractivity contribution >= 4 is 31.2 Å². The van der Waals surface area contributed by atoms with E-state index in [1.54, 1.807) is 0 Å². The summed E-state index contributed by atoms with van der Waals surface area (Å²) in [5.74, 6) is 4.02. The van der Waals surface area contributed by atoms with Crippen molar-refractivity contribution in [1.29, 1.82) is 0 Å². The second-order valence-corrected chi connectivity index (χ2v) is 6.62. The van der Waals surface area contributed by atoms with Gasteiger partial charge in [0.25, 0.3) is 0 Å². The van der Waals surface area contributed by atoms with E-state index in [4.69, 9.17) is 0 Å². The zero-order valence-electron chi connectivity index (χ0n) is 6.81. The topological polar surface area (TPSA) is 46.2 Å². The van der Waals surface area contributed by atoms with Crippen LogP contribution in [0, 0.1) is 0 Å². The summed E-state index contributed by atoms with van der Waals surface area (Å²) >= 11 is 0. The second kappa shape index (κ2) is 3.56. The van der Waals surface area contributed by atoms with E-state index < -0.39 is 30.4 Å². The van der Waals surface area contributed by atoms with E-state index in [0.717, 1.165) is 0 Å². The minimum atomic E-state index is -5.54. The van der Waals surface area contributed by atoms with Crippen LogP contribution in [0.25, 0.3) is 0 Å². The van der Waals surface area contributed by atoms with Crippen molar-refractivity contribution in [3.8, 4) is 0 Å². The molecule has 0 amide bonds. The van der Waals surface area contributed by atoms with E-state index in [0.29, 0.717) is 4.13 Å². The van der Waals surface area contributed by atoms with E-state index >= 15 is 0 Å². The van der Waals surface area contributed by atoms with Gasteiger partial charge < -0.3 is 0 Å². The third kappa shape index (κ3) is 3.28. The van der Waals surface area contributed by atoms with Gasteiger partial charge in [0.2, 0.25) is 0 Å². The Morgan fingerprint density at radius 3 is 1.13 bits per heavy atom. The molecule has 0 aromatic heterocycles. The molecule has 0 aliphatic rings. The van der Waals surface area contributed by atoms with Crippen LogP contribution < -0.4 is 4.13 Å². The van der Waals surface area contributed by atoms with E-state index in [-0.39, 0.29) is 0 Å². The zero-order chi connectivity index (χ0) is 12.7. The normalized spacial score (nSPS) is 21.7. The van der Waals surface area contributed by atoms with Gasteiger partial charge in [0.15, 0.2) is 0 Å². The maximum absolute atomic E-state index is 11.8. The molecule has 15 heavy (non-hydrogen) atoms. The second-order valence-electron chi connectivity index (χ2n) is 2.33. The summed E-state index contributed by atoms with van der Waals surface area (Å²) in [4.78, 5) is 0. The highest BCUT2D eigenvalue weighted by molar-refractivity contribution is 8.13. The molecule has 0 aromatic rings. The van der Waals surface area contributed by atoms with Crippen LogP contribution in [0.1, 0.15) is 0 Å². The van der Waals surface area contributed by atoms with Gasteiger partial charge in [0.05, 0.1) is 0 Å². The lowest BCUT2D eigenvalue weighted by atomic mass is 11.6. The average Bonchev–Trinajstić information content (AvgIpc) is 1.77. The molecule has 0 saturated heterocycles. The predicted octanol–water partition coefficient (Wildman–Crippen LogP) is 0.878. The quantitative estimate of drug-likeness (QED) is 0.601. The maximum atomic E-state index is 11.8. The molecule has 0 radical (unpaired) electrons. The Morgan fingerprint density at radius 1 is 0.800 bits per heavy atom. The Bertz CT molecular complexity index is 385. The summed E-state index contributed by atoms with van der Waals surface area (Å²) in [5, 5.41) is 0. The summed E-state index contributed by atoms with van der Waals surface area (Å²) in [6.07, 6.45) is 0. The zero-order valence-corrected chi connectivity index (χ0v) is 8.45. The summed E-state index contributed by atoms with van der Waals surface area (Å²) in [6.45, 7) is 0.